The van der Waals surface area contributed by atoms with Crippen LogP contribution in [0.15, 0.2) is 33.9 Å². The summed E-state index contributed by atoms with van der Waals surface area (Å²) in [5, 5.41) is 11.0. The van der Waals surface area contributed by atoms with Crippen LogP contribution in [0.1, 0.15) is 36.8 Å². The number of benzene rings is 1. The molecule has 1 saturated heterocycles. The van der Waals surface area contributed by atoms with Crippen molar-refractivity contribution < 1.29 is 17.8 Å². The number of aryl methyl sites for hydroxylation is 1. The number of nitro benzene ring substituents is 1. The minimum absolute atomic E-state index is 0.00579. The van der Waals surface area contributed by atoms with Crippen LogP contribution in [0.3, 0.4) is 0 Å². The lowest BCUT2D eigenvalue weighted by atomic mass is 10.1. The molecule has 0 N–H and O–H groups in total. The van der Waals surface area contributed by atoms with Gasteiger partial charge in [-0.1, -0.05) is 19.9 Å². The first-order chi connectivity index (χ1) is 13.2. The summed E-state index contributed by atoms with van der Waals surface area (Å²) in [6.07, 6.45) is 1.44. The van der Waals surface area contributed by atoms with E-state index in [1.165, 1.54) is 22.8 Å². The number of oxazole rings is 1. The van der Waals surface area contributed by atoms with Gasteiger partial charge >= 0.3 is 0 Å². The molecule has 28 heavy (non-hydrogen) atoms. The molecule has 0 saturated carbocycles. The molecular weight excluding hydrogens is 384 g/mol. The fraction of sp³-hybridized carbons (Fsp3) is 0.500. The summed E-state index contributed by atoms with van der Waals surface area (Å²) in [6, 6.07) is 3.93. The lowest BCUT2D eigenvalue weighted by Crippen LogP contribution is -2.48. The molecule has 1 fully saturated rings. The molecule has 0 amide bonds. The molecule has 0 atom stereocenters. The van der Waals surface area contributed by atoms with Crippen molar-refractivity contribution in [2.24, 2.45) is 0 Å². The molecule has 1 aliphatic rings. The first-order valence-electron chi connectivity index (χ1n) is 9.10. The molecule has 0 radical (unpaired) electrons. The molecule has 0 bridgehead atoms. The van der Waals surface area contributed by atoms with Crippen LogP contribution in [0.4, 0.5) is 5.69 Å². The van der Waals surface area contributed by atoms with Gasteiger partial charge in [0.05, 0.1) is 15.5 Å². The molecule has 0 spiro atoms. The van der Waals surface area contributed by atoms with E-state index in [0.29, 0.717) is 38.3 Å². The van der Waals surface area contributed by atoms with Gasteiger partial charge in [0.2, 0.25) is 10.0 Å². The summed E-state index contributed by atoms with van der Waals surface area (Å²) in [5.74, 6) is 1.08. The fourth-order valence-corrected chi connectivity index (χ4v) is 4.99. The largest absolute Gasteiger partial charge is 0.448 e. The summed E-state index contributed by atoms with van der Waals surface area (Å²) in [4.78, 5) is 16.8. The highest BCUT2D eigenvalue weighted by Gasteiger charge is 2.31. The Morgan fingerprint density at radius 2 is 1.93 bits per heavy atom. The van der Waals surface area contributed by atoms with E-state index in [9.17, 15) is 18.5 Å². The van der Waals surface area contributed by atoms with Crippen molar-refractivity contribution in [3.63, 3.8) is 0 Å². The third kappa shape index (κ3) is 4.08. The number of non-ortho nitro benzene ring substituents is 1. The van der Waals surface area contributed by atoms with Crippen LogP contribution < -0.4 is 0 Å². The van der Waals surface area contributed by atoms with E-state index < -0.39 is 14.9 Å². The van der Waals surface area contributed by atoms with E-state index in [1.807, 2.05) is 13.8 Å². The molecule has 1 aromatic heterocycles. The molecule has 152 valence electrons. The zero-order chi connectivity index (χ0) is 20.5. The SMILES string of the molecule is Cc1ccc([N+](=O)[O-])cc1S(=O)(=O)N1CCN(Cc2ncoc2C(C)C)CC1. The number of nitro groups is 1. The summed E-state index contributed by atoms with van der Waals surface area (Å²) < 4.78 is 32.9. The van der Waals surface area contributed by atoms with Gasteiger partial charge in [0.1, 0.15) is 5.76 Å². The Morgan fingerprint density at radius 1 is 1.25 bits per heavy atom. The highest BCUT2D eigenvalue weighted by Crippen LogP contribution is 2.26. The number of aromatic nitrogens is 1. The third-order valence-electron chi connectivity index (χ3n) is 4.90. The van der Waals surface area contributed by atoms with Crippen LogP contribution in [0, 0.1) is 17.0 Å². The Hall–Kier alpha value is -2.30. The second-order valence-electron chi connectivity index (χ2n) is 7.21. The van der Waals surface area contributed by atoms with Gasteiger partial charge in [0.25, 0.3) is 5.69 Å². The summed E-state index contributed by atoms with van der Waals surface area (Å²) in [6.45, 7) is 8.07. The summed E-state index contributed by atoms with van der Waals surface area (Å²) in [7, 11) is -3.79. The molecule has 2 aromatic rings. The van der Waals surface area contributed by atoms with Gasteiger partial charge in [-0.2, -0.15) is 4.31 Å². The van der Waals surface area contributed by atoms with Gasteiger partial charge in [-0.3, -0.25) is 15.0 Å². The Morgan fingerprint density at radius 3 is 2.54 bits per heavy atom. The third-order valence-corrected chi connectivity index (χ3v) is 6.94. The Balaban J connectivity index is 1.71. The molecule has 1 aliphatic heterocycles. The van der Waals surface area contributed by atoms with Gasteiger partial charge in [0, 0.05) is 50.8 Å². The van der Waals surface area contributed by atoms with E-state index >= 15 is 0 Å². The molecule has 9 nitrogen and oxygen atoms in total. The zero-order valence-electron chi connectivity index (χ0n) is 16.2. The first kappa shape index (κ1) is 20.4. The van der Waals surface area contributed by atoms with Crippen LogP contribution in [0.2, 0.25) is 0 Å². The lowest BCUT2D eigenvalue weighted by Gasteiger charge is -2.33. The quantitative estimate of drug-likeness (QED) is 0.533. The Labute approximate surface area is 164 Å². The highest BCUT2D eigenvalue weighted by molar-refractivity contribution is 7.89. The molecule has 1 aromatic carbocycles. The van der Waals surface area contributed by atoms with Crippen LogP contribution in [-0.2, 0) is 16.6 Å². The number of hydrogen-bond acceptors (Lipinski definition) is 7. The maximum Gasteiger partial charge on any atom is 0.270 e. The van der Waals surface area contributed by atoms with E-state index in [2.05, 4.69) is 9.88 Å². The standard InChI is InChI=1S/C18H24N4O5S/c1-13(2)18-16(19-12-27-18)11-20-6-8-21(9-7-20)28(25,26)17-10-15(22(23)24)5-4-14(17)3/h4-5,10,12-13H,6-9,11H2,1-3H3. The minimum atomic E-state index is -3.79. The van der Waals surface area contributed by atoms with E-state index in [4.69, 9.17) is 4.42 Å². The second kappa shape index (κ2) is 7.98. The average Bonchev–Trinajstić information content (AvgIpc) is 3.10. The maximum absolute atomic E-state index is 13.0. The van der Waals surface area contributed by atoms with Crippen molar-refractivity contribution in [1.82, 2.24) is 14.2 Å². The van der Waals surface area contributed by atoms with Crippen molar-refractivity contribution in [3.8, 4) is 0 Å². The normalized spacial score (nSPS) is 16.6. The molecule has 0 unspecified atom stereocenters. The smallest absolute Gasteiger partial charge is 0.270 e. The van der Waals surface area contributed by atoms with Crippen LogP contribution >= 0.6 is 0 Å². The van der Waals surface area contributed by atoms with Crippen molar-refractivity contribution in [1.29, 1.82) is 0 Å². The number of hydrogen-bond donors (Lipinski definition) is 0. The molecule has 2 heterocycles. The van der Waals surface area contributed by atoms with Crippen LogP contribution in [0.25, 0.3) is 0 Å². The fourth-order valence-electron chi connectivity index (χ4n) is 3.33. The minimum Gasteiger partial charge on any atom is -0.448 e. The van der Waals surface area contributed by atoms with Crippen LogP contribution in [-0.4, -0.2) is 53.7 Å². The predicted octanol–water partition coefficient (Wildman–Crippen LogP) is 2.52. The first-order valence-corrected chi connectivity index (χ1v) is 10.5. The molecule has 10 heteroatoms. The van der Waals surface area contributed by atoms with Crippen molar-refractivity contribution in [2.75, 3.05) is 26.2 Å². The Bertz CT molecular complexity index is 962. The topological polar surface area (TPSA) is 110 Å². The van der Waals surface area contributed by atoms with E-state index in [-0.39, 0.29) is 16.5 Å². The van der Waals surface area contributed by atoms with Crippen LogP contribution in [0.5, 0.6) is 0 Å². The molecule has 3 rings (SSSR count). The van der Waals surface area contributed by atoms with Gasteiger partial charge < -0.3 is 4.42 Å². The Kier molecular flexibility index (Phi) is 5.82. The van der Waals surface area contributed by atoms with E-state index in [0.717, 1.165) is 17.5 Å². The monoisotopic (exact) mass is 408 g/mol. The van der Waals surface area contributed by atoms with E-state index in [1.54, 1.807) is 6.92 Å². The van der Waals surface area contributed by atoms with Gasteiger partial charge in [-0.05, 0) is 12.5 Å². The number of rotatable bonds is 6. The number of piperazine rings is 1. The number of sulfonamides is 1. The van der Waals surface area contributed by atoms with Gasteiger partial charge in [-0.15, -0.1) is 0 Å². The molecule has 0 aliphatic carbocycles. The molecular formula is C18H24N4O5S. The van der Waals surface area contributed by atoms with Gasteiger partial charge in [-0.25, -0.2) is 13.4 Å². The summed E-state index contributed by atoms with van der Waals surface area (Å²) >= 11 is 0. The predicted molar refractivity (Wildman–Crippen MR) is 102 cm³/mol. The maximum atomic E-state index is 13.0. The van der Waals surface area contributed by atoms with Crippen molar-refractivity contribution in [2.45, 2.75) is 38.1 Å². The highest BCUT2D eigenvalue weighted by atomic mass is 32.2. The number of nitrogens with zero attached hydrogens (tertiary/aromatic N) is 4. The lowest BCUT2D eigenvalue weighted by molar-refractivity contribution is -0.385. The zero-order valence-corrected chi connectivity index (χ0v) is 17.0. The summed E-state index contributed by atoms with van der Waals surface area (Å²) in [5.41, 5.74) is 1.15. The van der Waals surface area contributed by atoms with Crippen molar-refractivity contribution >= 4 is 15.7 Å². The average molecular weight is 408 g/mol. The second-order valence-corrected chi connectivity index (χ2v) is 9.11. The van der Waals surface area contributed by atoms with Gasteiger partial charge in [0.15, 0.2) is 6.39 Å². The van der Waals surface area contributed by atoms with Crippen molar-refractivity contribution in [3.05, 3.63) is 51.7 Å².